The summed E-state index contributed by atoms with van der Waals surface area (Å²) in [4.78, 5) is 22.1. The molecule has 5 nitrogen and oxygen atoms in total. The van der Waals surface area contributed by atoms with Gasteiger partial charge >= 0.3 is 5.97 Å². The van der Waals surface area contributed by atoms with Gasteiger partial charge in [-0.2, -0.15) is 0 Å². The number of rotatable bonds is 3. The van der Waals surface area contributed by atoms with Crippen molar-refractivity contribution >= 4 is 56.3 Å². The fourth-order valence-electron chi connectivity index (χ4n) is 2.31. The smallest absolute Gasteiger partial charge is 0.346 e. The number of aromatic carboxylic acids is 1. The number of hydrogen-bond acceptors (Lipinski definition) is 4. The van der Waals surface area contributed by atoms with E-state index in [1.54, 1.807) is 12.1 Å². The van der Waals surface area contributed by atoms with E-state index in [9.17, 15) is 20.0 Å². The van der Waals surface area contributed by atoms with Crippen molar-refractivity contribution in [3.05, 3.63) is 61.4 Å². The van der Waals surface area contributed by atoms with Gasteiger partial charge in [0.1, 0.15) is 4.88 Å². The summed E-state index contributed by atoms with van der Waals surface area (Å²) in [6.07, 6.45) is 0. The molecular formula is C15H7Cl2NO4S. The van der Waals surface area contributed by atoms with Crippen molar-refractivity contribution in [2.45, 2.75) is 0 Å². The van der Waals surface area contributed by atoms with E-state index < -0.39 is 10.9 Å². The first kappa shape index (κ1) is 15.7. The van der Waals surface area contributed by atoms with Crippen LogP contribution in [-0.2, 0) is 0 Å². The fourth-order valence-corrected chi connectivity index (χ4v) is 3.85. The second-order valence-electron chi connectivity index (χ2n) is 4.67. The Hall–Kier alpha value is -2.15. The zero-order valence-corrected chi connectivity index (χ0v) is 13.6. The summed E-state index contributed by atoms with van der Waals surface area (Å²) in [5, 5.41) is 21.6. The molecular weight excluding hydrogens is 361 g/mol. The molecule has 0 saturated heterocycles. The maximum absolute atomic E-state index is 11.6. The lowest BCUT2D eigenvalue weighted by Crippen LogP contribution is -1.95. The number of carboxylic acids is 1. The molecule has 0 spiro atoms. The molecule has 1 heterocycles. The molecule has 0 aliphatic heterocycles. The van der Waals surface area contributed by atoms with Crippen LogP contribution in [0, 0.1) is 10.1 Å². The van der Waals surface area contributed by atoms with E-state index in [1.807, 2.05) is 0 Å². The number of thiophene rings is 1. The Labute approximate surface area is 143 Å². The Kier molecular flexibility index (Phi) is 3.97. The van der Waals surface area contributed by atoms with Gasteiger partial charge in [0.2, 0.25) is 0 Å². The van der Waals surface area contributed by atoms with Crippen molar-refractivity contribution in [1.29, 1.82) is 0 Å². The first-order chi connectivity index (χ1) is 10.9. The summed E-state index contributed by atoms with van der Waals surface area (Å²) in [6.45, 7) is 0. The van der Waals surface area contributed by atoms with Gasteiger partial charge < -0.3 is 5.11 Å². The number of nitro benzene ring substituents is 1. The zero-order valence-electron chi connectivity index (χ0n) is 11.2. The second kappa shape index (κ2) is 5.81. The normalized spacial score (nSPS) is 10.9. The lowest BCUT2D eigenvalue weighted by Gasteiger charge is -2.06. The maximum Gasteiger partial charge on any atom is 0.346 e. The zero-order chi connectivity index (χ0) is 16.7. The highest BCUT2D eigenvalue weighted by Crippen LogP contribution is 2.43. The van der Waals surface area contributed by atoms with Crippen LogP contribution in [0.5, 0.6) is 0 Å². The number of nitro groups is 1. The fraction of sp³-hybridized carbons (Fsp3) is 0. The molecule has 0 atom stereocenters. The topological polar surface area (TPSA) is 80.4 Å². The number of nitrogens with zero attached hydrogens (tertiary/aromatic N) is 1. The molecule has 3 aromatic rings. The van der Waals surface area contributed by atoms with E-state index in [0.717, 1.165) is 11.3 Å². The Morgan fingerprint density at radius 3 is 2.52 bits per heavy atom. The average molecular weight is 368 g/mol. The van der Waals surface area contributed by atoms with Gasteiger partial charge in [-0.05, 0) is 18.2 Å². The third kappa shape index (κ3) is 2.76. The predicted octanol–water partition coefficient (Wildman–Crippen LogP) is 5.48. The minimum atomic E-state index is -1.12. The molecule has 8 heteroatoms. The molecule has 1 aromatic heterocycles. The SMILES string of the molecule is O=C(O)c1sc2ccc([N+](=O)[O-])cc2c1-c1ccc(Cl)cc1Cl. The molecule has 0 saturated carbocycles. The van der Waals surface area contributed by atoms with Crippen LogP contribution in [0.3, 0.4) is 0 Å². The summed E-state index contributed by atoms with van der Waals surface area (Å²) < 4.78 is 0.633. The van der Waals surface area contributed by atoms with E-state index >= 15 is 0 Å². The number of halogens is 2. The summed E-state index contributed by atoms with van der Waals surface area (Å²) in [5.74, 6) is -1.12. The van der Waals surface area contributed by atoms with Gasteiger partial charge in [0.05, 0.1) is 4.92 Å². The third-order valence-electron chi connectivity index (χ3n) is 3.28. The van der Waals surface area contributed by atoms with Crippen LogP contribution in [-0.4, -0.2) is 16.0 Å². The summed E-state index contributed by atoms with van der Waals surface area (Å²) in [6, 6.07) is 8.95. The van der Waals surface area contributed by atoms with Crippen LogP contribution in [0.15, 0.2) is 36.4 Å². The first-order valence-corrected chi connectivity index (χ1v) is 7.85. The van der Waals surface area contributed by atoms with Gasteiger partial charge in [-0.15, -0.1) is 11.3 Å². The number of hydrogen-bond donors (Lipinski definition) is 1. The molecule has 0 radical (unpaired) electrons. The van der Waals surface area contributed by atoms with Gasteiger partial charge in [-0.3, -0.25) is 10.1 Å². The predicted molar refractivity (Wildman–Crippen MR) is 90.9 cm³/mol. The molecule has 116 valence electrons. The minimum Gasteiger partial charge on any atom is -0.477 e. The molecule has 23 heavy (non-hydrogen) atoms. The van der Waals surface area contributed by atoms with Crippen molar-refractivity contribution in [2.24, 2.45) is 0 Å². The van der Waals surface area contributed by atoms with Crippen LogP contribution >= 0.6 is 34.5 Å². The molecule has 0 fully saturated rings. The van der Waals surface area contributed by atoms with Gasteiger partial charge in [0.25, 0.3) is 5.69 Å². The van der Waals surface area contributed by atoms with Crippen molar-refractivity contribution in [3.8, 4) is 11.1 Å². The van der Waals surface area contributed by atoms with E-state index in [-0.39, 0.29) is 15.6 Å². The number of carboxylic acid groups (broad SMARTS) is 1. The van der Waals surface area contributed by atoms with Gasteiger partial charge in [-0.25, -0.2) is 4.79 Å². The van der Waals surface area contributed by atoms with Gasteiger partial charge in [0, 0.05) is 43.4 Å². The number of fused-ring (bicyclic) bond motifs is 1. The van der Waals surface area contributed by atoms with Crippen molar-refractivity contribution in [3.63, 3.8) is 0 Å². The number of non-ortho nitro benzene ring substituents is 1. The van der Waals surface area contributed by atoms with Crippen molar-refractivity contribution in [1.82, 2.24) is 0 Å². The van der Waals surface area contributed by atoms with Crippen molar-refractivity contribution < 1.29 is 14.8 Å². The van der Waals surface area contributed by atoms with Crippen LogP contribution in [0.4, 0.5) is 5.69 Å². The maximum atomic E-state index is 11.6. The molecule has 2 aromatic carbocycles. The highest BCUT2D eigenvalue weighted by atomic mass is 35.5. The van der Waals surface area contributed by atoms with Crippen LogP contribution in [0.25, 0.3) is 21.2 Å². The summed E-state index contributed by atoms with van der Waals surface area (Å²) in [5.41, 5.74) is 0.724. The van der Waals surface area contributed by atoms with E-state index in [2.05, 4.69) is 0 Å². The average Bonchev–Trinajstić information content (AvgIpc) is 2.86. The summed E-state index contributed by atoms with van der Waals surface area (Å²) in [7, 11) is 0. The lowest BCUT2D eigenvalue weighted by atomic mass is 10.0. The second-order valence-corrected chi connectivity index (χ2v) is 6.57. The first-order valence-electron chi connectivity index (χ1n) is 6.28. The molecule has 0 amide bonds. The van der Waals surface area contributed by atoms with Crippen LogP contribution in [0.1, 0.15) is 9.67 Å². The quantitative estimate of drug-likeness (QED) is 0.490. The van der Waals surface area contributed by atoms with Gasteiger partial charge in [0.15, 0.2) is 0 Å². The Balaban J connectivity index is 2.40. The molecule has 0 aliphatic carbocycles. The molecule has 0 unspecified atom stereocenters. The Bertz CT molecular complexity index is 968. The highest BCUT2D eigenvalue weighted by molar-refractivity contribution is 7.21. The Morgan fingerprint density at radius 1 is 1.17 bits per heavy atom. The lowest BCUT2D eigenvalue weighted by molar-refractivity contribution is -0.384. The number of benzene rings is 2. The van der Waals surface area contributed by atoms with E-state index in [0.29, 0.717) is 26.2 Å². The minimum absolute atomic E-state index is 0.0738. The molecule has 0 aliphatic rings. The summed E-state index contributed by atoms with van der Waals surface area (Å²) >= 11 is 13.1. The van der Waals surface area contributed by atoms with E-state index in [4.69, 9.17) is 23.2 Å². The third-order valence-corrected chi connectivity index (χ3v) is 4.98. The number of carbonyl (C=O) groups is 1. The monoisotopic (exact) mass is 367 g/mol. The Morgan fingerprint density at radius 2 is 1.91 bits per heavy atom. The standard InChI is InChI=1S/C15H7Cl2NO4S/c16-7-1-3-9(11(17)5-7)13-10-6-8(18(21)22)2-4-12(10)23-14(13)15(19)20/h1-6H,(H,19,20). The van der Waals surface area contributed by atoms with Crippen LogP contribution in [0.2, 0.25) is 10.0 Å². The van der Waals surface area contributed by atoms with Crippen LogP contribution < -0.4 is 0 Å². The van der Waals surface area contributed by atoms with Crippen molar-refractivity contribution in [2.75, 3.05) is 0 Å². The van der Waals surface area contributed by atoms with E-state index in [1.165, 1.54) is 24.3 Å². The molecule has 1 N–H and O–H groups in total. The van der Waals surface area contributed by atoms with Gasteiger partial charge in [-0.1, -0.05) is 29.3 Å². The highest BCUT2D eigenvalue weighted by Gasteiger charge is 2.22. The molecule has 3 rings (SSSR count). The largest absolute Gasteiger partial charge is 0.477 e. The molecule has 0 bridgehead atoms.